The second-order valence-electron chi connectivity index (χ2n) is 32.1. The number of benzene rings is 4. The topological polar surface area (TPSA) is 480 Å². The number of nitriles is 1. The van der Waals surface area contributed by atoms with Crippen molar-refractivity contribution in [3.8, 4) is 74.0 Å². The van der Waals surface area contributed by atoms with Crippen LogP contribution >= 0.6 is 0 Å². The SMILES string of the molecule is Cc1ncc(-c2cccc3cc([C@H](C)Nc4nc(C)ncc4C#N)n(C(C)C)c(=O)c23)cn1.[C-]#[N+]c1c(N)ccnc1N[C@@H](C)c1cc2cccc(-c3cnc(C)nc3)c2c(=O)n1-c1ccon1.[C-]#[N+]c1cnc(C)nc1N[C@@H](C)c1cc2cccc(-c3cnc(C)nc3)c2c(=O)n1-c1ccon1.[C-]#[N+]c1cnc(C)nc1N[C@@H](C)c1cc2cccc(-c3cnc(OC)nc3)c2c(=O)n1-c1ccon1. The Hall–Kier alpha value is -19.2. The Bertz CT molecular complexity index is 8110. The van der Waals surface area contributed by atoms with E-state index in [4.69, 9.17) is 43.8 Å². The molecule has 4 aromatic carbocycles. The van der Waals surface area contributed by atoms with Crippen LogP contribution in [0.3, 0.4) is 0 Å². The van der Waals surface area contributed by atoms with Gasteiger partial charge < -0.3 is 49.9 Å². The lowest BCUT2D eigenvalue weighted by atomic mass is 9.99. The molecular formula is C100H85N31O8. The summed E-state index contributed by atoms with van der Waals surface area (Å²) in [6.45, 7) is 44.6. The molecule has 0 fully saturated rings. The molecule has 15 heterocycles. The predicted molar refractivity (Wildman–Crippen MR) is 523 cm³/mol. The lowest BCUT2D eigenvalue weighted by molar-refractivity contribution is 0.380. The van der Waals surface area contributed by atoms with Crippen molar-refractivity contribution in [1.82, 2.24) is 108 Å². The van der Waals surface area contributed by atoms with E-state index in [0.717, 1.165) is 55.1 Å². The molecule has 39 heteroatoms. The van der Waals surface area contributed by atoms with E-state index in [9.17, 15) is 24.4 Å². The van der Waals surface area contributed by atoms with Crippen LogP contribution in [-0.4, -0.2) is 116 Å². The van der Waals surface area contributed by atoms with Crippen LogP contribution in [0.25, 0.3) is 120 Å². The van der Waals surface area contributed by atoms with Gasteiger partial charge in [-0.3, -0.25) is 47.8 Å². The van der Waals surface area contributed by atoms with E-state index < -0.39 is 18.1 Å². The maximum Gasteiger partial charge on any atom is 0.316 e. The molecule has 0 amide bonds. The van der Waals surface area contributed by atoms with Crippen molar-refractivity contribution in [1.29, 1.82) is 5.26 Å². The number of methoxy groups -OCH3 is 1. The Labute approximate surface area is 791 Å². The largest absolute Gasteiger partial charge is 0.467 e. The van der Waals surface area contributed by atoms with Gasteiger partial charge in [-0.05, 0) is 157 Å². The molecule has 0 saturated carbocycles. The Morgan fingerprint density at radius 3 is 1.05 bits per heavy atom. The second kappa shape index (κ2) is 40.5. The fourth-order valence-electron chi connectivity index (χ4n) is 15.9. The number of hydrogen-bond donors (Lipinski definition) is 5. The number of nitrogens with zero attached hydrogens (tertiary/aromatic N) is 26. The van der Waals surface area contributed by atoms with Crippen molar-refractivity contribution in [2.45, 2.75) is 113 Å². The lowest BCUT2D eigenvalue weighted by Gasteiger charge is -2.24. The molecule has 4 atom stereocenters. The first-order valence-corrected chi connectivity index (χ1v) is 43.3. The van der Waals surface area contributed by atoms with E-state index in [1.54, 1.807) is 106 Å². The summed E-state index contributed by atoms with van der Waals surface area (Å²) in [6, 6.07) is 37.6. The molecule has 0 spiro atoms. The molecule has 0 aliphatic carbocycles. The Morgan fingerprint density at radius 2 is 0.712 bits per heavy atom. The number of ether oxygens (including phenoxy) is 1. The Morgan fingerprint density at radius 1 is 0.388 bits per heavy atom. The maximum atomic E-state index is 14.0. The number of pyridine rings is 5. The first kappa shape index (κ1) is 93.1. The number of fused-ring (bicyclic) bond motifs is 4. The van der Waals surface area contributed by atoms with Crippen LogP contribution in [0.4, 0.5) is 46.0 Å². The third-order valence-electron chi connectivity index (χ3n) is 22.5. The Balaban J connectivity index is 0.000000134. The van der Waals surface area contributed by atoms with Gasteiger partial charge in [-0.15, -0.1) is 0 Å². The van der Waals surface area contributed by atoms with Gasteiger partial charge in [0.2, 0.25) is 17.1 Å². The van der Waals surface area contributed by atoms with Crippen molar-refractivity contribution < 1.29 is 18.3 Å². The van der Waals surface area contributed by atoms with Crippen LogP contribution in [0.2, 0.25) is 0 Å². The Kier molecular flexibility index (Phi) is 27.1. The number of anilines is 5. The fraction of sp³-hybridized carbons (Fsp3) is 0.180. The van der Waals surface area contributed by atoms with Crippen LogP contribution in [0.15, 0.2) is 247 Å². The first-order chi connectivity index (χ1) is 67.2. The van der Waals surface area contributed by atoms with Gasteiger partial charge in [0.15, 0.2) is 17.5 Å². The van der Waals surface area contributed by atoms with Gasteiger partial charge in [-0.1, -0.05) is 88.3 Å². The van der Waals surface area contributed by atoms with Gasteiger partial charge in [0, 0.05) is 126 Å². The van der Waals surface area contributed by atoms with Crippen LogP contribution in [0.5, 0.6) is 6.01 Å². The molecule has 0 bridgehead atoms. The second-order valence-corrected chi connectivity index (χ2v) is 32.1. The summed E-state index contributed by atoms with van der Waals surface area (Å²) in [5.74, 6) is 6.16. The molecule has 688 valence electrons. The number of nitrogen functional groups attached to an aromatic ring is 1. The highest BCUT2D eigenvalue weighted by molar-refractivity contribution is 6.00. The normalized spacial score (nSPS) is 11.8. The zero-order valence-corrected chi connectivity index (χ0v) is 77.1. The third kappa shape index (κ3) is 19.4. The minimum Gasteiger partial charge on any atom is -0.467 e. The molecule has 0 aliphatic heterocycles. The molecule has 15 aromatic heterocycles. The summed E-state index contributed by atoms with van der Waals surface area (Å²) in [6.07, 6.45) is 23.7. The average molecular weight is 1850 g/mol. The molecule has 6 N–H and O–H groups in total. The molecule has 19 rings (SSSR count). The zero-order chi connectivity index (χ0) is 98.0. The minimum absolute atomic E-state index is 0.0777. The highest BCUT2D eigenvalue weighted by atomic mass is 16.5. The van der Waals surface area contributed by atoms with Crippen LogP contribution < -0.4 is 54.0 Å². The molecular weight excluding hydrogens is 1760 g/mol. The van der Waals surface area contributed by atoms with Gasteiger partial charge in [0.25, 0.3) is 22.2 Å². The smallest absolute Gasteiger partial charge is 0.316 e. The van der Waals surface area contributed by atoms with Crippen molar-refractivity contribution >= 4 is 89.1 Å². The molecule has 39 nitrogen and oxygen atoms in total. The number of rotatable bonds is 21. The molecule has 0 unspecified atom stereocenters. The minimum atomic E-state index is -0.440. The number of nitrogens with two attached hydrogens (primary N) is 1. The van der Waals surface area contributed by atoms with Gasteiger partial charge in [-0.25, -0.2) is 74.3 Å². The summed E-state index contributed by atoms with van der Waals surface area (Å²) in [5.41, 5.74) is 15.0. The standard InChI is InChI=1S/C25H20N8O3.2C25H20N8O2.C25H25N7O/c1-14(30-23-19(26-3)13-27-15(2)31-23)20-10-16-6-5-7-18(17-11-28-25(35-4)29-12-17)22(16)24(34)33(20)21-8-9-36-32-21;1-14(30-24-20(26-4)13-29-16(3)31-24)21-10-17-6-5-7-19(18-11-27-15(2)28-12-18)23(17)25(34)33(21)22-8-9-35-32-22;1-14(31-24-23(27-3)19(26)7-9-28-24)20-11-16-5-4-6-18(17-12-29-15(2)30-13-17)22(16)25(34)33(20)21-8-10-35-32-21;1-14(2)32-22(15(3)30-24-19(10-26)11-29-17(5)31-24)9-18-7-6-8-21(23(18)25(32)33)20-12-27-16(4)28-13-20/h5-14H,1-2,4H3,(H,27,30,31);5-14H,1-3H3,(H,29,30,31);4-14H,1-2H3,(H3,26,28,31);6-9,11-15H,1-5H3,(H,29,30,31)/t3*14-;15-/m0000/s1. The van der Waals surface area contributed by atoms with E-state index in [0.29, 0.717) is 148 Å². The molecule has 19 aromatic rings. The number of nitrogens with one attached hydrogen (secondary N) is 4. The average Bonchev–Trinajstić information content (AvgIpc) is 1.50. The maximum absolute atomic E-state index is 14.0. The molecule has 0 aliphatic rings. The molecule has 0 saturated heterocycles. The summed E-state index contributed by atoms with van der Waals surface area (Å²) < 4.78 is 26.5. The van der Waals surface area contributed by atoms with E-state index >= 15 is 0 Å². The first-order valence-electron chi connectivity index (χ1n) is 43.3. The van der Waals surface area contributed by atoms with E-state index in [1.165, 1.54) is 64.4 Å². The monoisotopic (exact) mass is 1850 g/mol. The van der Waals surface area contributed by atoms with E-state index in [1.807, 2.05) is 152 Å². The third-order valence-corrected chi connectivity index (χ3v) is 22.5. The van der Waals surface area contributed by atoms with Crippen molar-refractivity contribution in [2.75, 3.05) is 34.1 Å². The van der Waals surface area contributed by atoms with Gasteiger partial charge in [-0.2, -0.15) is 5.26 Å². The quantitative estimate of drug-likeness (QED) is 0.0417. The van der Waals surface area contributed by atoms with Gasteiger partial charge in [0.05, 0.1) is 95.8 Å². The predicted octanol–water partition coefficient (Wildman–Crippen LogP) is 17.8. The summed E-state index contributed by atoms with van der Waals surface area (Å²) in [4.78, 5) is 130. The van der Waals surface area contributed by atoms with Crippen molar-refractivity contribution in [3.63, 3.8) is 0 Å². The van der Waals surface area contributed by atoms with Crippen LogP contribution in [0.1, 0.15) is 135 Å². The van der Waals surface area contributed by atoms with Gasteiger partial charge in [0.1, 0.15) is 88.6 Å². The number of hydrogen-bond acceptors (Lipinski definition) is 32. The zero-order valence-electron chi connectivity index (χ0n) is 77.1. The summed E-state index contributed by atoms with van der Waals surface area (Å²) >= 11 is 0. The number of aryl methyl sites for hydroxylation is 6. The fourth-order valence-corrected chi connectivity index (χ4v) is 15.9. The van der Waals surface area contributed by atoms with Crippen molar-refractivity contribution in [2.24, 2.45) is 0 Å². The van der Waals surface area contributed by atoms with Crippen molar-refractivity contribution in [3.05, 3.63) is 353 Å². The van der Waals surface area contributed by atoms with Crippen LogP contribution in [0, 0.1) is 72.6 Å². The highest BCUT2D eigenvalue weighted by Gasteiger charge is 2.28. The van der Waals surface area contributed by atoms with Gasteiger partial charge >= 0.3 is 6.01 Å². The summed E-state index contributed by atoms with van der Waals surface area (Å²) in [7, 11) is 1.49. The molecule has 0 radical (unpaired) electrons. The van der Waals surface area contributed by atoms with Crippen LogP contribution in [-0.2, 0) is 0 Å². The van der Waals surface area contributed by atoms with E-state index in [2.05, 4.69) is 132 Å². The van der Waals surface area contributed by atoms with E-state index in [-0.39, 0.29) is 51.7 Å². The molecule has 139 heavy (non-hydrogen) atoms. The summed E-state index contributed by atoms with van der Waals surface area (Å²) in [5, 5.41) is 39.7. The lowest BCUT2D eigenvalue weighted by Crippen LogP contribution is -2.28. The number of aromatic nitrogens is 22. The highest BCUT2D eigenvalue weighted by Crippen LogP contribution is 2.39.